The van der Waals surface area contributed by atoms with Crippen molar-refractivity contribution in [2.75, 3.05) is 19.5 Å². The van der Waals surface area contributed by atoms with Crippen LogP contribution in [0.25, 0.3) is 0 Å². The second kappa shape index (κ2) is 7.68. The van der Waals surface area contributed by atoms with E-state index in [2.05, 4.69) is 5.32 Å². The molecule has 1 aromatic heterocycles. The highest BCUT2D eigenvalue weighted by molar-refractivity contribution is 5.93. The molecule has 0 radical (unpaired) electrons. The number of nitrogens with one attached hydrogen (secondary N) is 1. The van der Waals surface area contributed by atoms with Gasteiger partial charge in [-0.1, -0.05) is 0 Å². The van der Waals surface area contributed by atoms with Gasteiger partial charge >= 0.3 is 0 Å². The number of nitro groups is 1. The van der Waals surface area contributed by atoms with E-state index in [9.17, 15) is 19.7 Å². The fourth-order valence-corrected chi connectivity index (χ4v) is 2.59. The van der Waals surface area contributed by atoms with Crippen molar-refractivity contribution >= 4 is 17.3 Å². The first kappa shape index (κ1) is 19.0. The van der Waals surface area contributed by atoms with Gasteiger partial charge in [0.15, 0.2) is 11.5 Å². The second-order valence-corrected chi connectivity index (χ2v) is 5.50. The van der Waals surface area contributed by atoms with Gasteiger partial charge in [0.25, 0.3) is 11.2 Å². The Kier molecular flexibility index (Phi) is 5.61. The number of methoxy groups -OCH3 is 2. The minimum atomic E-state index is -0.949. The van der Waals surface area contributed by atoms with Crippen molar-refractivity contribution in [2.24, 2.45) is 0 Å². The molecular weight excluding hydrogens is 342 g/mol. The number of anilines is 1. The molecule has 0 aliphatic heterocycles. The molecule has 0 aliphatic carbocycles. The number of amides is 1. The Morgan fingerprint density at radius 2 is 1.85 bits per heavy atom. The van der Waals surface area contributed by atoms with Crippen molar-refractivity contribution in [1.29, 1.82) is 0 Å². The minimum Gasteiger partial charge on any atom is -0.493 e. The molecule has 0 fully saturated rings. The van der Waals surface area contributed by atoms with Crippen LogP contribution in [0.2, 0.25) is 0 Å². The van der Waals surface area contributed by atoms with E-state index in [-0.39, 0.29) is 11.4 Å². The lowest BCUT2D eigenvalue weighted by Crippen LogP contribution is -2.33. The highest BCUT2D eigenvalue weighted by atomic mass is 16.6. The van der Waals surface area contributed by atoms with Crippen LogP contribution in [0, 0.1) is 17.0 Å². The maximum absolute atomic E-state index is 12.5. The maximum Gasteiger partial charge on any atom is 0.288 e. The number of aromatic nitrogens is 1. The van der Waals surface area contributed by atoms with Crippen LogP contribution in [0.3, 0.4) is 0 Å². The summed E-state index contributed by atoms with van der Waals surface area (Å²) in [7, 11) is 2.97. The van der Waals surface area contributed by atoms with Crippen LogP contribution >= 0.6 is 0 Å². The Balaban J connectivity index is 2.33. The summed E-state index contributed by atoms with van der Waals surface area (Å²) < 4.78 is 11.4. The zero-order valence-corrected chi connectivity index (χ0v) is 14.8. The molecule has 1 aromatic carbocycles. The van der Waals surface area contributed by atoms with E-state index in [1.165, 1.54) is 28.1 Å². The first-order valence-electron chi connectivity index (χ1n) is 7.69. The number of hydrogen-bond donors (Lipinski definition) is 1. The van der Waals surface area contributed by atoms with Gasteiger partial charge in [-0.3, -0.25) is 24.3 Å². The number of benzene rings is 1. The van der Waals surface area contributed by atoms with E-state index in [0.717, 1.165) is 16.7 Å². The Hall–Kier alpha value is -3.36. The van der Waals surface area contributed by atoms with E-state index in [0.29, 0.717) is 17.2 Å². The average molecular weight is 361 g/mol. The summed E-state index contributed by atoms with van der Waals surface area (Å²) in [5.41, 5.74) is -0.175. The number of hydrogen-bond acceptors (Lipinski definition) is 6. The molecule has 1 heterocycles. The first-order chi connectivity index (χ1) is 12.3. The Morgan fingerprint density at radius 3 is 2.42 bits per heavy atom. The zero-order valence-electron chi connectivity index (χ0n) is 14.8. The van der Waals surface area contributed by atoms with Gasteiger partial charge in [-0.2, -0.15) is 0 Å². The van der Waals surface area contributed by atoms with Gasteiger partial charge in [-0.25, -0.2) is 0 Å². The van der Waals surface area contributed by atoms with Crippen LogP contribution in [0.5, 0.6) is 11.5 Å². The lowest BCUT2D eigenvalue weighted by Gasteiger charge is -2.18. The second-order valence-electron chi connectivity index (χ2n) is 5.50. The van der Waals surface area contributed by atoms with Crippen LogP contribution < -0.4 is 20.3 Å². The van der Waals surface area contributed by atoms with Crippen molar-refractivity contribution in [2.45, 2.75) is 19.9 Å². The Bertz CT molecular complexity index is 906. The van der Waals surface area contributed by atoms with Crippen molar-refractivity contribution in [3.8, 4) is 11.5 Å². The predicted octanol–water partition coefficient (Wildman–Crippen LogP) is 2.28. The summed E-state index contributed by atoms with van der Waals surface area (Å²) >= 11 is 0. The number of rotatable bonds is 6. The Morgan fingerprint density at radius 1 is 1.19 bits per heavy atom. The number of nitrogens with zero attached hydrogens (tertiary/aromatic N) is 2. The molecule has 1 atom stereocenters. The molecule has 2 rings (SSSR count). The third-order valence-electron chi connectivity index (χ3n) is 3.97. The fraction of sp³-hybridized carbons (Fsp3) is 0.294. The van der Waals surface area contributed by atoms with E-state index in [1.54, 1.807) is 18.2 Å². The normalized spacial score (nSPS) is 11.5. The van der Waals surface area contributed by atoms with Gasteiger partial charge in [-0.05, 0) is 26.0 Å². The van der Waals surface area contributed by atoms with Gasteiger partial charge in [0.2, 0.25) is 5.91 Å². The van der Waals surface area contributed by atoms with Gasteiger partial charge in [0, 0.05) is 23.9 Å². The number of pyridine rings is 1. The van der Waals surface area contributed by atoms with Crippen LogP contribution in [0.4, 0.5) is 11.4 Å². The summed E-state index contributed by atoms with van der Waals surface area (Å²) in [6, 6.07) is 6.08. The van der Waals surface area contributed by atoms with Gasteiger partial charge < -0.3 is 14.8 Å². The molecule has 9 heteroatoms. The fourth-order valence-electron chi connectivity index (χ4n) is 2.59. The smallest absolute Gasteiger partial charge is 0.288 e. The third-order valence-corrected chi connectivity index (χ3v) is 3.97. The molecule has 9 nitrogen and oxygen atoms in total. The lowest BCUT2D eigenvalue weighted by atomic mass is 10.2. The highest BCUT2D eigenvalue weighted by Gasteiger charge is 2.23. The molecule has 0 saturated heterocycles. The van der Waals surface area contributed by atoms with Crippen molar-refractivity contribution in [1.82, 2.24) is 4.57 Å². The standard InChI is InChI=1S/C17H19N3O6/c1-10-13(20(23)24)6-8-16(21)19(10)11(2)17(22)18-12-5-7-14(25-3)15(9-12)26-4/h5-9,11H,1-4H3,(H,18,22). The molecule has 0 saturated carbocycles. The quantitative estimate of drug-likeness (QED) is 0.624. The molecule has 1 N–H and O–H groups in total. The predicted molar refractivity (Wildman–Crippen MR) is 95.0 cm³/mol. The van der Waals surface area contributed by atoms with E-state index >= 15 is 0 Å². The first-order valence-corrected chi connectivity index (χ1v) is 7.69. The summed E-state index contributed by atoms with van der Waals surface area (Å²) in [5.74, 6) is 0.439. The molecule has 0 aliphatic rings. The highest BCUT2D eigenvalue weighted by Crippen LogP contribution is 2.30. The van der Waals surface area contributed by atoms with E-state index in [4.69, 9.17) is 9.47 Å². The lowest BCUT2D eigenvalue weighted by molar-refractivity contribution is -0.386. The molecule has 2 aromatic rings. The van der Waals surface area contributed by atoms with Crippen molar-refractivity contribution in [3.05, 3.63) is 56.5 Å². The van der Waals surface area contributed by atoms with Gasteiger partial charge in [0.05, 0.1) is 24.8 Å². The van der Waals surface area contributed by atoms with Crippen LogP contribution in [0.15, 0.2) is 35.1 Å². The maximum atomic E-state index is 12.5. The summed E-state index contributed by atoms with van der Waals surface area (Å²) in [4.78, 5) is 35.1. The summed E-state index contributed by atoms with van der Waals surface area (Å²) in [5, 5.41) is 13.7. The summed E-state index contributed by atoms with van der Waals surface area (Å²) in [6.45, 7) is 2.92. The Labute approximate surface area is 149 Å². The molecule has 138 valence electrons. The topological polar surface area (TPSA) is 113 Å². The van der Waals surface area contributed by atoms with Gasteiger partial charge in [-0.15, -0.1) is 0 Å². The van der Waals surface area contributed by atoms with Crippen LogP contribution in [-0.4, -0.2) is 29.6 Å². The molecule has 0 spiro atoms. The average Bonchev–Trinajstić information content (AvgIpc) is 2.61. The number of ether oxygens (including phenoxy) is 2. The largest absolute Gasteiger partial charge is 0.493 e. The zero-order chi connectivity index (χ0) is 19.4. The third kappa shape index (κ3) is 3.66. The monoisotopic (exact) mass is 361 g/mol. The van der Waals surface area contributed by atoms with Crippen LogP contribution in [-0.2, 0) is 4.79 Å². The number of carbonyl (C=O) groups is 1. The summed E-state index contributed by atoms with van der Waals surface area (Å²) in [6.07, 6.45) is 0. The number of carbonyl (C=O) groups excluding carboxylic acids is 1. The molecule has 1 unspecified atom stereocenters. The minimum absolute atomic E-state index is 0.109. The molecule has 1 amide bonds. The molecule has 26 heavy (non-hydrogen) atoms. The van der Waals surface area contributed by atoms with Gasteiger partial charge in [0.1, 0.15) is 6.04 Å². The van der Waals surface area contributed by atoms with Crippen molar-refractivity contribution < 1.29 is 19.2 Å². The van der Waals surface area contributed by atoms with Crippen molar-refractivity contribution in [3.63, 3.8) is 0 Å². The molecule has 0 bridgehead atoms. The van der Waals surface area contributed by atoms with Crippen LogP contribution in [0.1, 0.15) is 18.7 Å². The van der Waals surface area contributed by atoms with E-state index < -0.39 is 22.4 Å². The SMILES string of the molecule is COc1ccc(NC(=O)C(C)n2c(C)c([N+](=O)[O-])ccc2=O)cc1OC. The van der Waals surface area contributed by atoms with E-state index in [1.807, 2.05) is 0 Å². The molecular formula is C17H19N3O6.